The van der Waals surface area contributed by atoms with Crippen LogP contribution in [0.5, 0.6) is 17.5 Å². The predicted molar refractivity (Wildman–Crippen MR) is 133 cm³/mol. The molecule has 0 atom stereocenters. The van der Waals surface area contributed by atoms with Crippen molar-refractivity contribution in [2.45, 2.75) is 23.3 Å². The van der Waals surface area contributed by atoms with Gasteiger partial charge in [0, 0.05) is 24.2 Å². The van der Waals surface area contributed by atoms with Gasteiger partial charge in [0.2, 0.25) is 21.6 Å². The topological polar surface area (TPSA) is 95.0 Å². The molecule has 0 saturated heterocycles. The summed E-state index contributed by atoms with van der Waals surface area (Å²) < 4.78 is 42.1. The van der Waals surface area contributed by atoms with E-state index >= 15 is 0 Å². The first-order valence-electron chi connectivity index (χ1n) is 10.8. The minimum Gasteiger partial charge on any atom is -0.497 e. The summed E-state index contributed by atoms with van der Waals surface area (Å²) in [6, 6.07) is 14.0. The van der Waals surface area contributed by atoms with Crippen molar-refractivity contribution >= 4 is 21.8 Å². The second kappa shape index (κ2) is 11.1. The molecule has 3 rings (SSSR count). The van der Waals surface area contributed by atoms with Crippen LogP contribution in [0.15, 0.2) is 71.0 Å². The largest absolute Gasteiger partial charge is 0.497 e. The van der Waals surface area contributed by atoms with Gasteiger partial charge < -0.3 is 19.1 Å². The van der Waals surface area contributed by atoms with E-state index in [2.05, 4.69) is 11.6 Å². The lowest BCUT2D eigenvalue weighted by Crippen LogP contribution is -2.27. The number of carbonyl (C=O) groups excluding carboxylic acids is 1. The van der Waals surface area contributed by atoms with Crippen LogP contribution in [-0.2, 0) is 16.4 Å². The van der Waals surface area contributed by atoms with E-state index in [9.17, 15) is 13.2 Å². The SMILES string of the molecule is C=Cc1cc(S(=O)(=O)c2ccc(OC)cc2)ccc1C(=O)N(C)Cc1ccc(OC)nc1OCC. The van der Waals surface area contributed by atoms with E-state index in [4.69, 9.17) is 14.2 Å². The van der Waals surface area contributed by atoms with E-state index < -0.39 is 9.84 Å². The molecule has 1 aromatic heterocycles. The number of amides is 1. The number of hydrogen-bond acceptors (Lipinski definition) is 7. The minimum absolute atomic E-state index is 0.0646. The number of nitrogens with zero attached hydrogens (tertiary/aromatic N) is 2. The third-order valence-corrected chi connectivity index (χ3v) is 7.08. The van der Waals surface area contributed by atoms with E-state index in [0.29, 0.717) is 40.8 Å². The van der Waals surface area contributed by atoms with Crippen molar-refractivity contribution in [2.24, 2.45) is 0 Å². The molecule has 0 fully saturated rings. The van der Waals surface area contributed by atoms with Gasteiger partial charge in [-0.1, -0.05) is 12.7 Å². The van der Waals surface area contributed by atoms with E-state index in [1.54, 1.807) is 31.3 Å². The van der Waals surface area contributed by atoms with E-state index in [0.717, 1.165) is 0 Å². The second-order valence-electron chi connectivity index (χ2n) is 7.54. The Labute approximate surface area is 205 Å². The molecular weight excluding hydrogens is 468 g/mol. The molecule has 0 aliphatic heterocycles. The molecular formula is C26H28N2O6S. The summed E-state index contributed by atoms with van der Waals surface area (Å²) in [7, 11) is 0.885. The van der Waals surface area contributed by atoms with Crippen LogP contribution in [0, 0.1) is 0 Å². The fourth-order valence-electron chi connectivity index (χ4n) is 3.44. The Bertz CT molecular complexity index is 1320. The highest BCUT2D eigenvalue weighted by atomic mass is 32.2. The molecule has 1 amide bonds. The van der Waals surface area contributed by atoms with Crippen LogP contribution in [-0.4, -0.2) is 52.1 Å². The Kier molecular flexibility index (Phi) is 8.14. The number of hydrogen-bond donors (Lipinski definition) is 0. The molecule has 8 nitrogen and oxygen atoms in total. The number of pyridine rings is 1. The summed E-state index contributed by atoms with van der Waals surface area (Å²) in [6.07, 6.45) is 1.47. The summed E-state index contributed by atoms with van der Waals surface area (Å²) in [4.78, 5) is 19.3. The normalized spacial score (nSPS) is 11.0. The zero-order valence-corrected chi connectivity index (χ0v) is 21.0. The van der Waals surface area contributed by atoms with Crippen LogP contribution in [0.2, 0.25) is 0 Å². The predicted octanol–water partition coefficient (Wildman–Crippen LogP) is 4.25. The van der Waals surface area contributed by atoms with Crippen molar-refractivity contribution < 1.29 is 27.4 Å². The molecule has 0 radical (unpaired) electrons. The average molecular weight is 497 g/mol. The zero-order chi connectivity index (χ0) is 25.6. The Balaban J connectivity index is 1.88. The molecule has 9 heteroatoms. The van der Waals surface area contributed by atoms with Gasteiger partial charge in [-0.05, 0) is 61.0 Å². The van der Waals surface area contributed by atoms with Gasteiger partial charge in [0.05, 0.1) is 37.2 Å². The number of rotatable bonds is 10. The summed E-state index contributed by atoms with van der Waals surface area (Å²) in [5.41, 5.74) is 1.45. The maximum Gasteiger partial charge on any atom is 0.254 e. The van der Waals surface area contributed by atoms with E-state index in [1.807, 2.05) is 6.92 Å². The highest BCUT2D eigenvalue weighted by molar-refractivity contribution is 7.91. The summed E-state index contributed by atoms with van der Waals surface area (Å²) in [6.45, 7) is 6.25. The number of aromatic nitrogens is 1. The van der Waals surface area contributed by atoms with Gasteiger partial charge in [-0.25, -0.2) is 8.42 Å². The zero-order valence-electron chi connectivity index (χ0n) is 20.1. The van der Waals surface area contributed by atoms with Gasteiger partial charge >= 0.3 is 0 Å². The number of methoxy groups -OCH3 is 2. The van der Waals surface area contributed by atoms with Crippen molar-refractivity contribution in [2.75, 3.05) is 27.9 Å². The van der Waals surface area contributed by atoms with Crippen LogP contribution in [0.4, 0.5) is 0 Å². The number of ether oxygens (including phenoxy) is 3. The molecule has 0 aliphatic carbocycles. The quantitative estimate of drug-likeness (QED) is 0.414. The molecule has 0 saturated carbocycles. The van der Waals surface area contributed by atoms with Gasteiger partial charge in [0.1, 0.15) is 5.75 Å². The lowest BCUT2D eigenvalue weighted by atomic mass is 10.1. The molecule has 0 aliphatic rings. The molecule has 0 bridgehead atoms. The smallest absolute Gasteiger partial charge is 0.254 e. The Hall–Kier alpha value is -3.85. The van der Waals surface area contributed by atoms with Crippen LogP contribution in [0.3, 0.4) is 0 Å². The number of sulfone groups is 1. The van der Waals surface area contributed by atoms with Crippen LogP contribution >= 0.6 is 0 Å². The molecule has 184 valence electrons. The van der Waals surface area contributed by atoms with Crippen molar-refractivity contribution in [3.8, 4) is 17.5 Å². The third-order valence-electron chi connectivity index (χ3n) is 5.31. The Morgan fingerprint density at radius 2 is 1.71 bits per heavy atom. The van der Waals surface area contributed by atoms with Gasteiger partial charge in [-0.3, -0.25) is 4.79 Å². The first-order valence-corrected chi connectivity index (χ1v) is 12.3. The fraction of sp³-hybridized carbons (Fsp3) is 0.231. The Morgan fingerprint density at radius 1 is 1.03 bits per heavy atom. The number of benzene rings is 2. The fourth-order valence-corrected chi connectivity index (χ4v) is 4.74. The number of carbonyl (C=O) groups is 1. The molecule has 0 spiro atoms. The van der Waals surface area contributed by atoms with E-state index in [-0.39, 0.29) is 22.2 Å². The van der Waals surface area contributed by atoms with Crippen LogP contribution < -0.4 is 14.2 Å². The van der Waals surface area contributed by atoms with Crippen molar-refractivity contribution in [1.82, 2.24) is 9.88 Å². The van der Waals surface area contributed by atoms with Gasteiger partial charge in [0.25, 0.3) is 5.91 Å². The highest BCUT2D eigenvalue weighted by Gasteiger charge is 2.22. The van der Waals surface area contributed by atoms with Gasteiger partial charge in [-0.15, -0.1) is 0 Å². The summed E-state index contributed by atoms with van der Waals surface area (Å²) in [5, 5.41) is 0. The molecule has 35 heavy (non-hydrogen) atoms. The standard InChI is InChI=1S/C26H28N2O6S/c1-6-18-16-22(35(30,31)21-11-9-20(32-4)10-12-21)13-14-23(18)26(29)28(3)17-19-8-15-24(33-5)27-25(19)34-7-2/h6,8-16H,1,7,17H2,2-5H3. The van der Waals surface area contributed by atoms with Crippen molar-refractivity contribution in [3.05, 3.63) is 77.9 Å². The minimum atomic E-state index is -3.79. The van der Waals surface area contributed by atoms with Crippen molar-refractivity contribution in [3.63, 3.8) is 0 Å². The molecule has 2 aromatic carbocycles. The average Bonchev–Trinajstić information content (AvgIpc) is 2.88. The lowest BCUT2D eigenvalue weighted by Gasteiger charge is -2.20. The Morgan fingerprint density at radius 3 is 2.31 bits per heavy atom. The maximum absolute atomic E-state index is 13.3. The lowest BCUT2D eigenvalue weighted by molar-refractivity contribution is 0.0783. The molecule has 1 heterocycles. The van der Waals surface area contributed by atoms with Gasteiger partial charge in [0.15, 0.2) is 0 Å². The van der Waals surface area contributed by atoms with Crippen LogP contribution in [0.1, 0.15) is 28.4 Å². The summed E-state index contributed by atoms with van der Waals surface area (Å²) >= 11 is 0. The molecule has 0 N–H and O–H groups in total. The van der Waals surface area contributed by atoms with Gasteiger partial charge in [-0.2, -0.15) is 4.98 Å². The highest BCUT2D eigenvalue weighted by Crippen LogP contribution is 2.27. The summed E-state index contributed by atoms with van der Waals surface area (Å²) in [5.74, 6) is 1.05. The van der Waals surface area contributed by atoms with E-state index in [1.165, 1.54) is 55.5 Å². The maximum atomic E-state index is 13.3. The first kappa shape index (κ1) is 25.8. The molecule has 3 aromatic rings. The molecule has 0 unspecified atom stereocenters. The van der Waals surface area contributed by atoms with Crippen LogP contribution in [0.25, 0.3) is 6.08 Å². The first-order chi connectivity index (χ1) is 16.7. The monoisotopic (exact) mass is 496 g/mol. The van der Waals surface area contributed by atoms with Crippen molar-refractivity contribution in [1.29, 1.82) is 0 Å². The third kappa shape index (κ3) is 5.63. The second-order valence-corrected chi connectivity index (χ2v) is 9.49.